The topological polar surface area (TPSA) is 111 Å². The molecule has 1 saturated heterocycles. The summed E-state index contributed by atoms with van der Waals surface area (Å²) in [6, 6.07) is 1.46. The summed E-state index contributed by atoms with van der Waals surface area (Å²) in [7, 11) is 1.74. The van der Waals surface area contributed by atoms with Gasteiger partial charge in [-0.2, -0.15) is 5.10 Å². The molecule has 0 saturated carbocycles. The lowest BCUT2D eigenvalue weighted by atomic mass is 10.0. The third-order valence-electron chi connectivity index (χ3n) is 6.32. The molecule has 2 aliphatic rings. The number of fused-ring (bicyclic) bond motifs is 3. The van der Waals surface area contributed by atoms with E-state index in [0.717, 1.165) is 19.3 Å². The molecule has 12 heteroatoms. The molecule has 5 rings (SSSR count). The molecule has 4 heterocycles. The van der Waals surface area contributed by atoms with E-state index in [4.69, 9.17) is 37.8 Å². The van der Waals surface area contributed by atoms with E-state index in [1.54, 1.807) is 22.8 Å². The van der Waals surface area contributed by atoms with Crippen LogP contribution in [0.15, 0.2) is 18.5 Å². The predicted molar refractivity (Wildman–Crippen MR) is 130 cm³/mol. The summed E-state index contributed by atoms with van der Waals surface area (Å²) < 4.78 is 15.0. The van der Waals surface area contributed by atoms with E-state index in [1.807, 2.05) is 10.8 Å². The number of hydrogen-bond acceptors (Lipinski definition) is 6. The zero-order valence-electron chi connectivity index (χ0n) is 19.1. The zero-order valence-corrected chi connectivity index (χ0v) is 20.6. The molecule has 186 valence electrons. The second-order valence-electron chi connectivity index (χ2n) is 8.57. The van der Waals surface area contributed by atoms with Gasteiger partial charge in [-0.15, -0.1) is 0 Å². The van der Waals surface area contributed by atoms with Crippen molar-refractivity contribution in [2.24, 2.45) is 0 Å². The first kappa shape index (κ1) is 23.9. The van der Waals surface area contributed by atoms with Gasteiger partial charge >= 0.3 is 6.09 Å². The maximum absolute atomic E-state index is 13.4. The normalized spacial score (nSPS) is 18.1. The molecule has 3 aromatic rings. The lowest BCUT2D eigenvalue weighted by Crippen LogP contribution is -2.37. The maximum atomic E-state index is 13.4. The fourth-order valence-electron chi connectivity index (χ4n) is 4.64. The standard InChI is InChI=1S/C23H25Cl2N5O5/c1-28-6-7-29-20-18(15(10-14(24)19(20)25)35-23(33)26-5-8-31)17(21(29)22(28)32)13-11-27-30(12-13)16-4-2-3-9-34-16/h10-12,16,31H,2-9H2,1H3,(H,26,33). The Morgan fingerprint density at radius 2 is 2.17 bits per heavy atom. The number of aromatic nitrogens is 3. The van der Waals surface area contributed by atoms with Gasteiger partial charge in [-0.05, 0) is 19.3 Å². The number of likely N-dealkylation sites (N-methyl/N-ethyl adjacent to an activating group) is 1. The number of ether oxygens (including phenoxy) is 2. The van der Waals surface area contributed by atoms with Crippen LogP contribution in [0.3, 0.4) is 0 Å². The number of aliphatic hydroxyl groups excluding tert-OH is 1. The van der Waals surface area contributed by atoms with Crippen LogP contribution < -0.4 is 10.1 Å². The molecule has 2 N–H and O–H groups in total. The van der Waals surface area contributed by atoms with Gasteiger partial charge < -0.3 is 29.4 Å². The van der Waals surface area contributed by atoms with Gasteiger partial charge in [0, 0.05) is 56.7 Å². The van der Waals surface area contributed by atoms with Gasteiger partial charge in [-0.3, -0.25) is 4.79 Å². The fourth-order valence-corrected chi connectivity index (χ4v) is 5.08. The van der Waals surface area contributed by atoms with Crippen LogP contribution in [0.4, 0.5) is 4.79 Å². The number of nitrogens with one attached hydrogen (secondary N) is 1. The summed E-state index contributed by atoms with van der Waals surface area (Å²) in [5.41, 5.74) is 2.16. The molecule has 1 unspecified atom stereocenters. The van der Waals surface area contributed by atoms with Crippen molar-refractivity contribution >= 4 is 46.1 Å². The quantitative estimate of drug-likeness (QED) is 0.529. The molecule has 10 nitrogen and oxygen atoms in total. The first-order valence-corrected chi connectivity index (χ1v) is 12.2. The lowest BCUT2D eigenvalue weighted by molar-refractivity contribution is -0.0394. The van der Waals surface area contributed by atoms with Crippen LogP contribution in [0.25, 0.3) is 22.0 Å². The van der Waals surface area contributed by atoms with Gasteiger partial charge in [0.25, 0.3) is 5.91 Å². The molecule has 35 heavy (non-hydrogen) atoms. The van der Waals surface area contributed by atoms with Crippen LogP contribution in [-0.4, -0.2) is 69.7 Å². The van der Waals surface area contributed by atoms with E-state index in [1.165, 1.54) is 6.07 Å². The third kappa shape index (κ3) is 4.24. The maximum Gasteiger partial charge on any atom is 0.412 e. The SMILES string of the molecule is CN1CCn2c(c(-c3cnn(C4CCCCO4)c3)c3c(OC(=O)NCCO)cc(Cl)c(Cl)c32)C1=O. The monoisotopic (exact) mass is 521 g/mol. The minimum atomic E-state index is -0.761. The Morgan fingerprint density at radius 3 is 2.91 bits per heavy atom. The van der Waals surface area contributed by atoms with Crippen molar-refractivity contribution < 1.29 is 24.2 Å². The molecule has 0 spiro atoms. The van der Waals surface area contributed by atoms with Crippen LogP contribution in [0.1, 0.15) is 36.0 Å². The molecule has 2 aromatic heterocycles. The van der Waals surface area contributed by atoms with Crippen LogP contribution in [0, 0.1) is 0 Å². The van der Waals surface area contributed by atoms with Gasteiger partial charge in [0.1, 0.15) is 17.7 Å². The fraction of sp³-hybridized carbons (Fsp3) is 0.435. The average Bonchev–Trinajstić information content (AvgIpc) is 3.47. The summed E-state index contributed by atoms with van der Waals surface area (Å²) in [5.74, 6) is -0.0363. The zero-order chi connectivity index (χ0) is 24.7. The van der Waals surface area contributed by atoms with Crippen molar-refractivity contribution in [2.75, 3.05) is 33.4 Å². The number of carbonyl (C=O) groups is 2. The molecular formula is C23H25Cl2N5O5. The Labute approximate surface area is 211 Å². The molecule has 1 aromatic carbocycles. The molecule has 2 aliphatic heterocycles. The van der Waals surface area contributed by atoms with Crippen molar-refractivity contribution in [3.8, 4) is 16.9 Å². The Hall–Kier alpha value is -2.79. The van der Waals surface area contributed by atoms with Gasteiger partial charge in [0.2, 0.25) is 0 Å². The second kappa shape index (κ2) is 9.69. The minimum Gasteiger partial charge on any atom is -0.410 e. The number of aliphatic hydroxyl groups is 1. The van der Waals surface area contributed by atoms with Crippen LogP contribution in [0.5, 0.6) is 5.75 Å². The minimum absolute atomic E-state index is 0.0276. The lowest BCUT2D eigenvalue weighted by Gasteiger charge is -2.25. The highest BCUT2D eigenvalue weighted by Gasteiger charge is 2.34. The van der Waals surface area contributed by atoms with Gasteiger partial charge in [0.15, 0.2) is 0 Å². The van der Waals surface area contributed by atoms with Crippen LogP contribution >= 0.6 is 23.2 Å². The number of nitrogens with zero attached hydrogens (tertiary/aromatic N) is 4. The summed E-state index contributed by atoms with van der Waals surface area (Å²) in [5, 5.41) is 16.9. The predicted octanol–water partition coefficient (Wildman–Crippen LogP) is 3.68. The van der Waals surface area contributed by atoms with E-state index in [0.29, 0.717) is 47.4 Å². The summed E-state index contributed by atoms with van der Waals surface area (Å²) in [6.07, 6.45) is 5.48. The van der Waals surface area contributed by atoms with Gasteiger partial charge in [-0.25, -0.2) is 9.48 Å². The van der Waals surface area contributed by atoms with Gasteiger partial charge in [-0.1, -0.05) is 23.2 Å². The Kier molecular flexibility index (Phi) is 6.63. The average molecular weight is 522 g/mol. The number of halogens is 2. The Morgan fingerprint density at radius 1 is 1.34 bits per heavy atom. The Bertz CT molecular complexity index is 1300. The molecule has 0 radical (unpaired) electrons. The summed E-state index contributed by atoms with van der Waals surface area (Å²) >= 11 is 13.1. The highest BCUT2D eigenvalue weighted by Crippen LogP contribution is 2.47. The van der Waals surface area contributed by atoms with Crippen molar-refractivity contribution in [1.29, 1.82) is 0 Å². The molecule has 2 amide bonds. The number of carbonyl (C=O) groups excluding carboxylic acids is 2. The second-order valence-corrected chi connectivity index (χ2v) is 9.35. The van der Waals surface area contributed by atoms with E-state index in [2.05, 4.69) is 10.4 Å². The van der Waals surface area contributed by atoms with Crippen LogP contribution in [0.2, 0.25) is 10.0 Å². The van der Waals surface area contributed by atoms with E-state index < -0.39 is 6.09 Å². The molecule has 1 fully saturated rings. The van der Waals surface area contributed by atoms with Crippen molar-refractivity contribution in [2.45, 2.75) is 32.0 Å². The molecule has 0 bridgehead atoms. The number of hydrogen-bond donors (Lipinski definition) is 2. The van der Waals surface area contributed by atoms with E-state index in [9.17, 15) is 9.59 Å². The van der Waals surface area contributed by atoms with Crippen molar-refractivity contribution in [3.63, 3.8) is 0 Å². The largest absolute Gasteiger partial charge is 0.412 e. The van der Waals surface area contributed by atoms with E-state index >= 15 is 0 Å². The highest BCUT2D eigenvalue weighted by atomic mass is 35.5. The van der Waals surface area contributed by atoms with Gasteiger partial charge in [0.05, 0.1) is 33.8 Å². The number of benzene rings is 1. The summed E-state index contributed by atoms with van der Waals surface area (Å²) in [4.78, 5) is 27.4. The molecular weight excluding hydrogens is 497 g/mol. The summed E-state index contributed by atoms with van der Waals surface area (Å²) in [6.45, 7) is 1.44. The van der Waals surface area contributed by atoms with Crippen LogP contribution in [-0.2, 0) is 11.3 Å². The molecule has 0 aliphatic carbocycles. The first-order valence-electron chi connectivity index (χ1n) is 11.4. The number of rotatable bonds is 5. The smallest absolute Gasteiger partial charge is 0.410 e. The number of amides is 2. The third-order valence-corrected chi connectivity index (χ3v) is 7.10. The first-order chi connectivity index (χ1) is 16.9. The van der Waals surface area contributed by atoms with E-state index in [-0.39, 0.29) is 41.1 Å². The van der Waals surface area contributed by atoms with Crippen molar-refractivity contribution in [1.82, 2.24) is 24.6 Å². The van der Waals surface area contributed by atoms with Crippen molar-refractivity contribution in [3.05, 3.63) is 34.2 Å². The molecule has 1 atom stereocenters. The Balaban J connectivity index is 1.72. The highest BCUT2D eigenvalue weighted by molar-refractivity contribution is 6.46.